The van der Waals surface area contributed by atoms with E-state index in [2.05, 4.69) is 11.1 Å². The standard InChI is InChI=1S/C14H9ClN2O2S/c1-8-4-5-17-13(11(8)7-16)20-9-2-3-12(15)10(6-9)14(18)19/h2-6H,1H3,(H,18,19). The van der Waals surface area contributed by atoms with E-state index >= 15 is 0 Å². The third-order valence-corrected chi connectivity index (χ3v) is 3.94. The number of aromatic carboxylic acids is 1. The van der Waals surface area contributed by atoms with Crippen LogP contribution in [0.2, 0.25) is 5.02 Å². The summed E-state index contributed by atoms with van der Waals surface area (Å²) in [6.45, 7) is 1.83. The molecule has 0 saturated carbocycles. The predicted octanol–water partition coefficient (Wildman–Crippen LogP) is 3.76. The number of carboxylic acids is 1. The molecular formula is C14H9ClN2O2S. The Bertz CT molecular complexity index is 726. The van der Waals surface area contributed by atoms with Crippen molar-refractivity contribution < 1.29 is 9.90 Å². The SMILES string of the molecule is Cc1ccnc(Sc2ccc(Cl)c(C(=O)O)c2)c1C#N. The van der Waals surface area contributed by atoms with Crippen LogP contribution < -0.4 is 0 Å². The minimum atomic E-state index is -1.09. The molecule has 1 aromatic heterocycles. The molecule has 2 rings (SSSR count). The normalized spacial score (nSPS) is 10.1. The summed E-state index contributed by atoms with van der Waals surface area (Å²) in [5.41, 5.74) is 1.35. The lowest BCUT2D eigenvalue weighted by Crippen LogP contribution is -1.97. The predicted molar refractivity (Wildman–Crippen MR) is 76.2 cm³/mol. The molecule has 0 atom stereocenters. The zero-order valence-corrected chi connectivity index (χ0v) is 12.0. The van der Waals surface area contributed by atoms with Crippen molar-refractivity contribution in [3.05, 3.63) is 52.2 Å². The fourth-order valence-corrected chi connectivity index (χ4v) is 2.75. The zero-order chi connectivity index (χ0) is 14.7. The van der Waals surface area contributed by atoms with Crippen LogP contribution in [0.3, 0.4) is 0 Å². The van der Waals surface area contributed by atoms with Crippen molar-refractivity contribution >= 4 is 29.3 Å². The number of nitrogens with zero attached hydrogens (tertiary/aromatic N) is 2. The molecule has 1 heterocycles. The average molecular weight is 305 g/mol. The Hall–Kier alpha value is -2.03. The highest BCUT2D eigenvalue weighted by molar-refractivity contribution is 7.99. The molecule has 1 N–H and O–H groups in total. The Balaban J connectivity index is 2.41. The molecule has 0 aliphatic rings. The van der Waals surface area contributed by atoms with E-state index in [1.807, 2.05) is 6.92 Å². The highest BCUT2D eigenvalue weighted by Gasteiger charge is 2.12. The van der Waals surface area contributed by atoms with E-state index in [1.165, 1.54) is 23.9 Å². The molecule has 0 bridgehead atoms. The topological polar surface area (TPSA) is 74.0 Å². The van der Waals surface area contributed by atoms with Gasteiger partial charge in [-0.1, -0.05) is 23.4 Å². The summed E-state index contributed by atoms with van der Waals surface area (Å²) in [5.74, 6) is -1.09. The Kier molecular flexibility index (Phi) is 4.28. The van der Waals surface area contributed by atoms with E-state index in [-0.39, 0.29) is 10.6 Å². The molecule has 0 amide bonds. The van der Waals surface area contributed by atoms with Gasteiger partial charge in [-0.15, -0.1) is 0 Å². The Morgan fingerprint density at radius 1 is 1.45 bits per heavy atom. The summed E-state index contributed by atoms with van der Waals surface area (Å²) in [7, 11) is 0. The molecule has 0 radical (unpaired) electrons. The van der Waals surface area contributed by atoms with Gasteiger partial charge in [0, 0.05) is 11.1 Å². The van der Waals surface area contributed by atoms with E-state index in [9.17, 15) is 4.79 Å². The number of nitriles is 1. The van der Waals surface area contributed by atoms with Crippen LogP contribution in [0.5, 0.6) is 0 Å². The molecule has 0 aliphatic heterocycles. The van der Waals surface area contributed by atoms with E-state index in [0.29, 0.717) is 15.5 Å². The van der Waals surface area contributed by atoms with Gasteiger partial charge in [0.05, 0.1) is 16.1 Å². The maximum absolute atomic E-state index is 11.0. The molecule has 6 heteroatoms. The quantitative estimate of drug-likeness (QED) is 0.934. The second-order valence-electron chi connectivity index (χ2n) is 3.97. The Morgan fingerprint density at radius 2 is 2.20 bits per heavy atom. The number of pyridine rings is 1. The van der Waals surface area contributed by atoms with Crippen molar-refractivity contribution in [2.24, 2.45) is 0 Å². The van der Waals surface area contributed by atoms with Crippen LogP contribution in [-0.2, 0) is 0 Å². The molecule has 100 valence electrons. The third-order valence-electron chi connectivity index (χ3n) is 2.62. The van der Waals surface area contributed by atoms with Crippen LogP contribution >= 0.6 is 23.4 Å². The van der Waals surface area contributed by atoms with Crippen LogP contribution in [-0.4, -0.2) is 16.1 Å². The molecule has 1 aromatic carbocycles. The highest BCUT2D eigenvalue weighted by Crippen LogP contribution is 2.32. The van der Waals surface area contributed by atoms with Crippen LogP contribution in [0, 0.1) is 18.3 Å². The monoisotopic (exact) mass is 304 g/mol. The van der Waals surface area contributed by atoms with Gasteiger partial charge in [0.2, 0.25) is 0 Å². The van der Waals surface area contributed by atoms with Gasteiger partial charge in [0.25, 0.3) is 0 Å². The minimum Gasteiger partial charge on any atom is -0.478 e. The molecular weight excluding hydrogens is 296 g/mol. The van der Waals surface area contributed by atoms with Crippen LogP contribution in [0.15, 0.2) is 40.4 Å². The van der Waals surface area contributed by atoms with Crippen LogP contribution in [0.1, 0.15) is 21.5 Å². The van der Waals surface area contributed by atoms with E-state index in [1.54, 1.807) is 18.3 Å². The minimum absolute atomic E-state index is 0.0304. The van der Waals surface area contributed by atoms with Gasteiger partial charge in [-0.3, -0.25) is 0 Å². The summed E-state index contributed by atoms with van der Waals surface area (Å²) in [4.78, 5) is 15.9. The Morgan fingerprint density at radius 3 is 2.85 bits per heavy atom. The number of aromatic nitrogens is 1. The summed E-state index contributed by atoms with van der Waals surface area (Å²) < 4.78 is 0. The van der Waals surface area contributed by atoms with Crippen molar-refractivity contribution in [1.82, 2.24) is 4.98 Å². The van der Waals surface area contributed by atoms with Crippen molar-refractivity contribution in [2.45, 2.75) is 16.8 Å². The fraction of sp³-hybridized carbons (Fsp3) is 0.0714. The molecule has 0 fully saturated rings. The number of hydrogen-bond acceptors (Lipinski definition) is 4. The lowest BCUT2D eigenvalue weighted by atomic mass is 10.2. The van der Waals surface area contributed by atoms with Gasteiger partial charge in [-0.05, 0) is 36.8 Å². The lowest BCUT2D eigenvalue weighted by Gasteiger charge is -2.06. The number of halogens is 1. The first-order valence-electron chi connectivity index (χ1n) is 5.59. The molecule has 0 unspecified atom stereocenters. The van der Waals surface area contributed by atoms with Crippen LogP contribution in [0.25, 0.3) is 0 Å². The van der Waals surface area contributed by atoms with Crippen molar-refractivity contribution in [3.8, 4) is 6.07 Å². The molecule has 0 aliphatic carbocycles. The maximum Gasteiger partial charge on any atom is 0.337 e. The molecule has 0 spiro atoms. The fourth-order valence-electron chi connectivity index (χ4n) is 1.59. The van der Waals surface area contributed by atoms with Gasteiger partial charge < -0.3 is 5.11 Å². The smallest absolute Gasteiger partial charge is 0.337 e. The number of rotatable bonds is 3. The first-order valence-corrected chi connectivity index (χ1v) is 6.78. The number of hydrogen-bond donors (Lipinski definition) is 1. The second-order valence-corrected chi connectivity index (χ2v) is 5.44. The second kappa shape index (κ2) is 5.95. The zero-order valence-electron chi connectivity index (χ0n) is 10.4. The van der Waals surface area contributed by atoms with Crippen molar-refractivity contribution in [2.75, 3.05) is 0 Å². The van der Waals surface area contributed by atoms with Crippen LogP contribution in [0.4, 0.5) is 0 Å². The molecule has 0 saturated heterocycles. The first-order chi connectivity index (χ1) is 9.52. The summed E-state index contributed by atoms with van der Waals surface area (Å²) in [5, 5.41) is 18.9. The van der Waals surface area contributed by atoms with E-state index in [0.717, 1.165) is 5.56 Å². The van der Waals surface area contributed by atoms with Gasteiger partial charge in [0.1, 0.15) is 11.1 Å². The van der Waals surface area contributed by atoms with Gasteiger partial charge in [0.15, 0.2) is 0 Å². The van der Waals surface area contributed by atoms with Crippen molar-refractivity contribution in [1.29, 1.82) is 5.26 Å². The van der Waals surface area contributed by atoms with E-state index < -0.39 is 5.97 Å². The first kappa shape index (κ1) is 14.4. The third kappa shape index (κ3) is 2.93. The van der Waals surface area contributed by atoms with Gasteiger partial charge in [-0.2, -0.15) is 5.26 Å². The van der Waals surface area contributed by atoms with Gasteiger partial charge in [-0.25, -0.2) is 9.78 Å². The Labute approximate surface area is 125 Å². The maximum atomic E-state index is 11.0. The lowest BCUT2D eigenvalue weighted by molar-refractivity contribution is 0.0697. The van der Waals surface area contributed by atoms with Gasteiger partial charge >= 0.3 is 5.97 Å². The summed E-state index contributed by atoms with van der Waals surface area (Å²) in [6, 6.07) is 8.56. The number of carbonyl (C=O) groups is 1. The molecule has 4 nitrogen and oxygen atoms in total. The number of carboxylic acid groups (broad SMARTS) is 1. The largest absolute Gasteiger partial charge is 0.478 e. The van der Waals surface area contributed by atoms with E-state index in [4.69, 9.17) is 22.0 Å². The van der Waals surface area contributed by atoms with Crippen molar-refractivity contribution in [3.63, 3.8) is 0 Å². The molecule has 2 aromatic rings. The summed E-state index contributed by atoms with van der Waals surface area (Å²) in [6.07, 6.45) is 1.62. The molecule has 20 heavy (non-hydrogen) atoms. The number of benzene rings is 1. The highest BCUT2D eigenvalue weighted by atomic mass is 35.5. The average Bonchev–Trinajstić information content (AvgIpc) is 2.41. The number of aryl methyl sites for hydroxylation is 1. The summed E-state index contributed by atoms with van der Waals surface area (Å²) >= 11 is 7.06.